The van der Waals surface area contributed by atoms with Gasteiger partial charge in [-0.1, -0.05) is 12.1 Å². The zero-order valence-corrected chi connectivity index (χ0v) is 15.3. The number of carbonyl (C=O) groups is 2. The summed E-state index contributed by atoms with van der Waals surface area (Å²) < 4.78 is 20.7. The number of dihydropyridines is 1. The predicted octanol–water partition coefficient (Wildman–Crippen LogP) is 2.31. The molecule has 0 aromatic heterocycles. The second kappa shape index (κ2) is 8.48. The van der Waals surface area contributed by atoms with Crippen LogP contribution in [0.5, 0.6) is 11.5 Å². The summed E-state index contributed by atoms with van der Waals surface area (Å²) in [6, 6.07) is 5.57. The van der Waals surface area contributed by atoms with Crippen molar-refractivity contribution in [2.75, 3.05) is 20.6 Å². The molecule has 1 amide bonds. The molecule has 1 aromatic carbocycles. The number of benzene rings is 1. The summed E-state index contributed by atoms with van der Waals surface area (Å²) in [5.41, 5.74) is 1.49. The number of fused-ring (bicyclic) bond motifs is 1. The Bertz CT molecular complexity index is 773. The Morgan fingerprint density at radius 3 is 2.85 bits per heavy atom. The average molecular weight is 374 g/mol. The maximum Gasteiger partial charge on any atom is 0.412 e. The third kappa shape index (κ3) is 4.72. The first-order valence-corrected chi connectivity index (χ1v) is 8.60. The Kier molecular flexibility index (Phi) is 5.85. The monoisotopic (exact) mass is 374 g/mol. The van der Waals surface area contributed by atoms with Crippen LogP contribution < -0.4 is 14.8 Å². The summed E-state index contributed by atoms with van der Waals surface area (Å²) in [5, 5.41) is 2.81. The lowest BCUT2D eigenvalue weighted by Crippen LogP contribution is -2.37. The van der Waals surface area contributed by atoms with Crippen molar-refractivity contribution in [1.29, 1.82) is 0 Å². The van der Waals surface area contributed by atoms with Gasteiger partial charge < -0.3 is 29.2 Å². The van der Waals surface area contributed by atoms with Gasteiger partial charge in [-0.05, 0) is 37.2 Å². The van der Waals surface area contributed by atoms with Crippen LogP contribution in [0.3, 0.4) is 0 Å². The second-order valence-electron chi connectivity index (χ2n) is 6.25. The highest BCUT2D eigenvalue weighted by atomic mass is 16.7. The molecule has 8 heteroatoms. The fourth-order valence-corrected chi connectivity index (χ4v) is 2.66. The standard InChI is InChI=1S/C19H22N2O6/c1-13(8-14-5-6-16-17(9-14)25-11-24-16)21(2)19(23)27-12-26-18(22)15-4-3-7-20-10-15/h3,5-7,9-10,13,20H,4,8,11-12H2,1-2H3. The Hall–Kier alpha value is -3.16. The van der Waals surface area contributed by atoms with E-state index in [1.807, 2.05) is 25.1 Å². The van der Waals surface area contributed by atoms with E-state index >= 15 is 0 Å². The number of rotatable bonds is 6. The number of nitrogens with zero attached hydrogens (tertiary/aromatic N) is 1. The van der Waals surface area contributed by atoms with Gasteiger partial charge in [0.15, 0.2) is 11.5 Å². The Morgan fingerprint density at radius 1 is 1.26 bits per heavy atom. The van der Waals surface area contributed by atoms with E-state index in [0.717, 1.165) is 11.3 Å². The Labute approximate surface area is 157 Å². The van der Waals surface area contributed by atoms with Crippen LogP contribution in [-0.2, 0) is 20.7 Å². The summed E-state index contributed by atoms with van der Waals surface area (Å²) >= 11 is 0. The molecule has 0 aliphatic carbocycles. The van der Waals surface area contributed by atoms with Crippen molar-refractivity contribution in [2.45, 2.75) is 25.8 Å². The van der Waals surface area contributed by atoms with Gasteiger partial charge in [-0.25, -0.2) is 9.59 Å². The summed E-state index contributed by atoms with van der Waals surface area (Å²) in [6.07, 6.45) is 5.62. The number of hydrogen-bond acceptors (Lipinski definition) is 7. The molecule has 144 valence electrons. The molecule has 0 bridgehead atoms. The minimum absolute atomic E-state index is 0.121. The zero-order valence-electron chi connectivity index (χ0n) is 15.3. The number of carbonyl (C=O) groups excluding carboxylic acids is 2. The third-order valence-electron chi connectivity index (χ3n) is 4.36. The number of esters is 1. The molecule has 0 spiro atoms. The van der Waals surface area contributed by atoms with Gasteiger partial charge in [-0.2, -0.15) is 0 Å². The lowest BCUT2D eigenvalue weighted by atomic mass is 10.1. The van der Waals surface area contributed by atoms with Gasteiger partial charge in [0.05, 0.1) is 5.57 Å². The molecule has 2 heterocycles. The molecule has 3 rings (SSSR count). The topological polar surface area (TPSA) is 86.3 Å². The van der Waals surface area contributed by atoms with Crippen molar-refractivity contribution in [3.05, 3.63) is 47.8 Å². The molecule has 27 heavy (non-hydrogen) atoms. The number of ether oxygens (including phenoxy) is 4. The number of hydrogen-bond donors (Lipinski definition) is 1. The summed E-state index contributed by atoms with van der Waals surface area (Å²) in [5.74, 6) is 0.911. The van der Waals surface area contributed by atoms with E-state index in [0.29, 0.717) is 24.2 Å². The molecule has 1 atom stereocenters. The average Bonchev–Trinajstić information content (AvgIpc) is 3.15. The van der Waals surface area contributed by atoms with E-state index in [9.17, 15) is 9.59 Å². The first-order valence-electron chi connectivity index (χ1n) is 8.60. The smallest absolute Gasteiger partial charge is 0.412 e. The van der Waals surface area contributed by atoms with Crippen molar-refractivity contribution in [2.24, 2.45) is 0 Å². The normalized spacial score (nSPS) is 15.4. The largest absolute Gasteiger partial charge is 0.454 e. The Morgan fingerprint density at radius 2 is 2.07 bits per heavy atom. The zero-order chi connectivity index (χ0) is 19.2. The van der Waals surface area contributed by atoms with E-state index < -0.39 is 18.9 Å². The predicted molar refractivity (Wildman–Crippen MR) is 95.9 cm³/mol. The molecule has 0 fully saturated rings. The van der Waals surface area contributed by atoms with Gasteiger partial charge in [0.1, 0.15) is 0 Å². The maximum absolute atomic E-state index is 12.1. The van der Waals surface area contributed by atoms with E-state index in [1.165, 1.54) is 4.90 Å². The molecule has 1 unspecified atom stereocenters. The number of likely N-dealkylation sites (N-methyl/N-ethyl adjacent to an activating group) is 1. The number of nitrogens with one attached hydrogen (secondary N) is 1. The van der Waals surface area contributed by atoms with Crippen molar-refractivity contribution < 1.29 is 28.5 Å². The highest BCUT2D eigenvalue weighted by Crippen LogP contribution is 2.32. The molecule has 0 radical (unpaired) electrons. The summed E-state index contributed by atoms with van der Waals surface area (Å²) in [7, 11) is 1.64. The maximum atomic E-state index is 12.1. The van der Waals surface area contributed by atoms with Gasteiger partial charge in [0, 0.05) is 25.7 Å². The van der Waals surface area contributed by atoms with Crippen molar-refractivity contribution >= 4 is 12.1 Å². The molecule has 0 saturated heterocycles. The third-order valence-corrected chi connectivity index (χ3v) is 4.36. The Balaban J connectivity index is 1.43. The molecule has 2 aliphatic rings. The summed E-state index contributed by atoms with van der Waals surface area (Å²) in [6.45, 7) is 1.70. The van der Waals surface area contributed by atoms with Crippen LogP contribution >= 0.6 is 0 Å². The molecular weight excluding hydrogens is 352 g/mol. The number of amides is 1. The van der Waals surface area contributed by atoms with Crippen molar-refractivity contribution in [3.63, 3.8) is 0 Å². The van der Waals surface area contributed by atoms with Gasteiger partial charge >= 0.3 is 12.1 Å². The van der Waals surface area contributed by atoms with E-state index in [1.54, 1.807) is 25.5 Å². The van der Waals surface area contributed by atoms with Crippen LogP contribution in [-0.4, -0.2) is 43.6 Å². The van der Waals surface area contributed by atoms with Crippen LogP contribution in [0.1, 0.15) is 18.9 Å². The highest BCUT2D eigenvalue weighted by Gasteiger charge is 2.20. The lowest BCUT2D eigenvalue weighted by molar-refractivity contribution is -0.147. The van der Waals surface area contributed by atoms with E-state index in [4.69, 9.17) is 18.9 Å². The van der Waals surface area contributed by atoms with E-state index in [-0.39, 0.29) is 12.8 Å². The van der Waals surface area contributed by atoms with Gasteiger partial charge in [0.25, 0.3) is 0 Å². The summed E-state index contributed by atoms with van der Waals surface area (Å²) in [4.78, 5) is 25.4. The van der Waals surface area contributed by atoms with Crippen LogP contribution in [0.4, 0.5) is 4.79 Å². The van der Waals surface area contributed by atoms with E-state index in [2.05, 4.69) is 5.32 Å². The fourth-order valence-electron chi connectivity index (χ4n) is 2.66. The first kappa shape index (κ1) is 18.6. The van der Waals surface area contributed by atoms with Gasteiger partial charge in [-0.15, -0.1) is 0 Å². The van der Waals surface area contributed by atoms with Crippen molar-refractivity contribution in [1.82, 2.24) is 10.2 Å². The highest BCUT2D eigenvalue weighted by molar-refractivity contribution is 5.88. The minimum atomic E-state index is -0.563. The van der Waals surface area contributed by atoms with Gasteiger partial charge in [0.2, 0.25) is 13.6 Å². The molecule has 0 saturated carbocycles. The van der Waals surface area contributed by atoms with Crippen molar-refractivity contribution in [3.8, 4) is 11.5 Å². The molecule has 1 N–H and O–H groups in total. The molecule has 2 aliphatic heterocycles. The van der Waals surface area contributed by atoms with Crippen LogP contribution in [0.15, 0.2) is 42.2 Å². The van der Waals surface area contributed by atoms with Gasteiger partial charge in [-0.3, -0.25) is 0 Å². The van der Waals surface area contributed by atoms with Crippen LogP contribution in [0, 0.1) is 0 Å². The molecular formula is C19H22N2O6. The SMILES string of the molecule is CC(Cc1ccc2c(c1)OCO2)N(C)C(=O)OCOC(=O)C1=CNC=CC1. The van der Waals surface area contributed by atoms with Crippen LogP contribution in [0.2, 0.25) is 0 Å². The fraction of sp³-hybridized carbons (Fsp3) is 0.368. The quantitative estimate of drug-likeness (QED) is 0.604. The second-order valence-corrected chi connectivity index (χ2v) is 6.25. The molecule has 8 nitrogen and oxygen atoms in total. The molecule has 1 aromatic rings. The number of allylic oxidation sites excluding steroid dienone is 1. The lowest BCUT2D eigenvalue weighted by Gasteiger charge is -2.24. The first-order chi connectivity index (χ1) is 13.0. The van der Waals surface area contributed by atoms with Crippen LogP contribution in [0.25, 0.3) is 0 Å². The minimum Gasteiger partial charge on any atom is -0.454 e.